The third-order valence-electron chi connectivity index (χ3n) is 2.84. The Bertz CT molecular complexity index is 703. The van der Waals surface area contributed by atoms with Gasteiger partial charge in [-0.05, 0) is 12.1 Å². The van der Waals surface area contributed by atoms with E-state index >= 15 is 0 Å². The topological polar surface area (TPSA) is 110 Å². The van der Waals surface area contributed by atoms with Gasteiger partial charge in [-0.1, -0.05) is 12.1 Å². The molecule has 0 aliphatic carbocycles. The highest BCUT2D eigenvalue weighted by Gasteiger charge is 2.09. The largest absolute Gasteiger partial charge is 0.367 e. The maximum atomic E-state index is 11.7. The van der Waals surface area contributed by atoms with E-state index in [1.807, 2.05) is 0 Å². The van der Waals surface area contributed by atoms with Crippen LogP contribution in [-0.2, 0) is 4.79 Å². The van der Waals surface area contributed by atoms with Gasteiger partial charge in [0.15, 0.2) is 0 Å². The van der Waals surface area contributed by atoms with Gasteiger partial charge < -0.3 is 10.6 Å². The van der Waals surface area contributed by atoms with Crippen molar-refractivity contribution >= 4 is 23.5 Å². The van der Waals surface area contributed by atoms with Gasteiger partial charge in [0, 0.05) is 37.6 Å². The minimum atomic E-state index is -0.484. The summed E-state index contributed by atoms with van der Waals surface area (Å²) in [5, 5.41) is 16.5. The molecular formula is C15H15N5O3. The Labute approximate surface area is 132 Å². The van der Waals surface area contributed by atoms with Crippen LogP contribution in [0.25, 0.3) is 6.08 Å². The Balaban J connectivity index is 1.80. The molecule has 0 saturated heterocycles. The minimum absolute atomic E-state index is 0.0409. The third kappa shape index (κ3) is 5.20. The molecule has 23 heavy (non-hydrogen) atoms. The second-order valence-corrected chi connectivity index (χ2v) is 4.46. The summed E-state index contributed by atoms with van der Waals surface area (Å²) in [7, 11) is 0. The fraction of sp³-hybridized carbons (Fsp3) is 0.133. The smallest absolute Gasteiger partial charge is 0.276 e. The van der Waals surface area contributed by atoms with E-state index in [0.717, 1.165) is 0 Å². The number of carbonyl (C=O) groups is 1. The highest BCUT2D eigenvalue weighted by molar-refractivity contribution is 5.92. The van der Waals surface area contributed by atoms with Gasteiger partial charge in [0.2, 0.25) is 5.91 Å². The number of carbonyl (C=O) groups excluding carboxylic acids is 1. The summed E-state index contributed by atoms with van der Waals surface area (Å²) < 4.78 is 0. The van der Waals surface area contributed by atoms with Crippen molar-refractivity contribution in [1.82, 2.24) is 15.3 Å². The molecule has 2 aromatic rings. The lowest BCUT2D eigenvalue weighted by atomic mass is 10.1. The lowest BCUT2D eigenvalue weighted by molar-refractivity contribution is -0.385. The van der Waals surface area contributed by atoms with Crippen LogP contribution in [0.15, 0.2) is 48.9 Å². The highest BCUT2D eigenvalue weighted by Crippen LogP contribution is 2.18. The van der Waals surface area contributed by atoms with Crippen LogP contribution in [0.2, 0.25) is 0 Å². The molecule has 0 radical (unpaired) electrons. The molecule has 1 aromatic heterocycles. The number of benzene rings is 1. The van der Waals surface area contributed by atoms with Crippen molar-refractivity contribution in [1.29, 1.82) is 0 Å². The number of hydrogen-bond donors (Lipinski definition) is 2. The van der Waals surface area contributed by atoms with Crippen molar-refractivity contribution in [2.45, 2.75) is 0 Å². The van der Waals surface area contributed by atoms with E-state index in [4.69, 9.17) is 0 Å². The normalized spacial score (nSPS) is 10.4. The molecule has 0 unspecified atom stereocenters. The second kappa shape index (κ2) is 8.23. The van der Waals surface area contributed by atoms with E-state index in [1.54, 1.807) is 36.8 Å². The van der Waals surface area contributed by atoms with E-state index in [0.29, 0.717) is 24.5 Å². The SMILES string of the molecule is O=C(/C=C\c1ccccc1[N+](=O)[O-])NCCNc1cnccn1. The average Bonchev–Trinajstić information content (AvgIpc) is 2.58. The van der Waals surface area contributed by atoms with Gasteiger partial charge in [-0.2, -0.15) is 0 Å². The summed E-state index contributed by atoms with van der Waals surface area (Å²) in [6.45, 7) is 0.875. The lowest BCUT2D eigenvalue weighted by Crippen LogP contribution is -2.27. The van der Waals surface area contributed by atoms with Crippen LogP contribution >= 0.6 is 0 Å². The van der Waals surface area contributed by atoms with Crippen molar-refractivity contribution in [3.63, 3.8) is 0 Å². The van der Waals surface area contributed by atoms with Gasteiger partial charge in [-0.3, -0.25) is 19.9 Å². The monoisotopic (exact) mass is 313 g/mol. The van der Waals surface area contributed by atoms with Gasteiger partial charge in [-0.15, -0.1) is 0 Å². The molecule has 0 saturated carbocycles. The fourth-order valence-electron chi connectivity index (χ4n) is 1.79. The number of aromatic nitrogens is 2. The quantitative estimate of drug-likeness (QED) is 0.348. The molecule has 118 valence electrons. The number of amides is 1. The summed E-state index contributed by atoms with van der Waals surface area (Å²) in [5.41, 5.74) is 0.339. The van der Waals surface area contributed by atoms with Crippen LogP contribution < -0.4 is 10.6 Å². The number of anilines is 1. The number of nitro benzene ring substituents is 1. The van der Waals surface area contributed by atoms with Crippen LogP contribution in [0.4, 0.5) is 11.5 Å². The van der Waals surface area contributed by atoms with Crippen molar-refractivity contribution in [2.24, 2.45) is 0 Å². The summed E-state index contributed by atoms with van der Waals surface area (Å²) in [6, 6.07) is 6.23. The molecule has 0 spiro atoms. The Kier molecular flexibility index (Phi) is 5.75. The van der Waals surface area contributed by atoms with Crippen molar-refractivity contribution in [2.75, 3.05) is 18.4 Å². The molecule has 1 heterocycles. The zero-order valence-corrected chi connectivity index (χ0v) is 12.2. The van der Waals surface area contributed by atoms with E-state index in [1.165, 1.54) is 18.2 Å². The number of nitro groups is 1. The van der Waals surface area contributed by atoms with Gasteiger partial charge in [0.05, 0.1) is 16.7 Å². The molecule has 0 aliphatic rings. The number of hydrogen-bond acceptors (Lipinski definition) is 6. The number of nitrogens with one attached hydrogen (secondary N) is 2. The van der Waals surface area contributed by atoms with E-state index < -0.39 is 4.92 Å². The maximum absolute atomic E-state index is 11.7. The van der Waals surface area contributed by atoms with Crippen LogP contribution in [0.5, 0.6) is 0 Å². The summed E-state index contributed by atoms with van der Waals surface area (Å²) >= 11 is 0. The molecule has 1 aromatic carbocycles. The Morgan fingerprint density at radius 3 is 2.83 bits per heavy atom. The van der Waals surface area contributed by atoms with Crippen LogP contribution in [0.1, 0.15) is 5.56 Å². The van der Waals surface area contributed by atoms with Gasteiger partial charge in [-0.25, -0.2) is 4.98 Å². The Morgan fingerprint density at radius 1 is 1.26 bits per heavy atom. The fourth-order valence-corrected chi connectivity index (χ4v) is 1.79. The third-order valence-corrected chi connectivity index (χ3v) is 2.84. The van der Waals surface area contributed by atoms with Crippen LogP contribution in [0, 0.1) is 10.1 Å². The van der Waals surface area contributed by atoms with Crippen LogP contribution in [-0.4, -0.2) is 33.9 Å². The van der Waals surface area contributed by atoms with E-state index in [-0.39, 0.29) is 11.6 Å². The second-order valence-electron chi connectivity index (χ2n) is 4.46. The minimum Gasteiger partial charge on any atom is -0.367 e. The molecule has 0 atom stereocenters. The summed E-state index contributed by atoms with van der Waals surface area (Å²) in [4.78, 5) is 30.0. The number of para-hydroxylation sites is 1. The number of rotatable bonds is 7. The first-order chi connectivity index (χ1) is 11.2. The first-order valence-corrected chi connectivity index (χ1v) is 6.86. The molecule has 0 fully saturated rings. The average molecular weight is 313 g/mol. The van der Waals surface area contributed by atoms with Gasteiger partial charge >= 0.3 is 0 Å². The molecular weight excluding hydrogens is 298 g/mol. The van der Waals surface area contributed by atoms with Gasteiger partial charge in [0.25, 0.3) is 5.69 Å². The van der Waals surface area contributed by atoms with Crippen molar-refractivity contribution in [3.8, 4) is 0 Å². The van der Waals surface area contributed by atoms with Crippen molar-refractivity contribution < 1.29 is 9.72 Å². The Hall–Kier alpha value is -3.29. The van der Waals surface area contributed by atoms with E-state index in [9.17, 15) is 14.9 Å². The maximum Gasteiger partial charge on any atom is 0.276 e. The molecule has 1 amide bonds. The van der Waals surface area contributed by atoms with Crippen molar-refractivity contribution in [3.05, 3.63) is 64.6 Å². The summed E-state index contributed by atoms with van der Waals surface area (Å²) in [5.74, 6) is 0.293. The molecule has 8 nitrogen and oxygen atoms in total. The molecule has 8 heteroatoms. The first-order valence-electron chi connectivity index (χ1n) is 6.86. The molecule has 0 aliphatic heterocycles. The zero-order valence-electron chi connectivity index (χ0n) is 12.2. The van der Waals surface area contributed by atoms with Crippen LogP contribution in [0.3, 0.4) is 0 Å². The Morgan fingerprint density at radius 2 is 2.09 bits per heavy atom. The highest BCUT2D eigenvalue weighted by atomic mass is 16.6. The van der Waals surface area contributed by atoms with Gasteiger partial charge in [0.1, 0.15) is 5.82 Å². The predicted octanol–water partition coefficient (Wildman–Crippen LogP) is 1.63. The molecule has 2 rings (SSSR count). The molecule has 0 bridgehead atoms. The van der Waals surface area contributed by atoms with E-state index in [2.05, 4.69) is 20.6 Å². The lowest BCUT2D eigenvalue weighted by Gasteiger charge is -2.05. The predicted molar refractivity (Wildman–Crippen MR) is 85.7 cm³/mol. The number of nitrogens with zero attached hydrogens (tertiary/aromatic N) is 3. The molecule has 2 N–H and O–H groups in total. The summed E-state index contributed by atoms with van der Waals surface area (Å²) in [6.07, 6.45) is 7.40. The standard InChI is InChI=1S/C15H15N5O3/c21-15(19-10-9-18-14-11-16-7-8-17-14)6-5-12-3-1-2-4-13(12)20(22)23/h1-8,11H,9-10H2,(H,17,18)(H,19,21)/b6-5-. The first kappa shape index (κ1) is 16.1. The zero-order chi connectivity index (χ0) is 16.5.